The summed E-state index contributed by atoms with van der Waals surface area (Å²) in [7, 11) is 0. The second-order valence-corrected chi connectivity index (χ2v) is 5.18. The second kappa shape index (κ2) is 8.20. The molecule has 0 bridgehead atoms. The van der Waals surface area contributed by atoms with Gasteiger partial charge in [-0.25, -0.2) is 0 Å². The number of hydrogen-bond acceptors (Lipinski definition) is 3. The summed E-state index contributed by atoms with van der Waals surface area (Å²) < 4.78 is 0. The van der Waals surface area contributed by atoms with E-state index in [9.17, 15) is 9.90 Å². The minimum Gasteiger partial charge on any atom is -0.508 e. The molecular weight excluding hydrogens is 278 g/mol. The predicted molar refractivity (Wildman–Crippen MR) is 85.6 cm³/mol. The maximum Gasteiger partial charge on any atom is 0.227 e. The van der Waals surface area contributed by atoms with Gasteiger partial charge >= 0.3 is 0 Å². The first kappa shape index (κ1) is 16.0. The van der Waals surface area contributed by atoms with Gasteiger partial charge in [0.15, 0.2) is 0 Å². The van der Waals surface area contributed by atoms with Crippen molar-refractivity contribution < 1.29 is 15.0 Å². The molecule has 0 radical (unpaired) electrons. The second-order valence-electron chi connectivity index (χ2n) is 5.18. The van der Waals surface area contributed by atoms with Gasteiger partial charge in [0.25, 0.3) is 0 Å². The van der Waals surface area contributed by atoms with Crippen LogP contribution >= 0.6 is 0 Å². The van der Waals surface area contributed by atoms with Crippen LogP contribution in [-0.2, 0) is 17.6 Å². The van der Waals surface area contributed by atoms with E-state index in [1.165, 1.54) is 5.56 Å². The molecule has 2 aromatic rings. The van der Waals surface area contributed by atoms with Crippen molar-refractivity contribution in [3.05, 3.63) is 65.7 Å². The van der Waals surface area contributed by atoms with Crippen molar-refractivity contribution in [2.75, 3.05) is 19.7 Å². The fraction of sp³-hybridized carbons (Fsp3) is 0.278. The first-order chi connectivity index (χ1) is 10.7. The third-order valence-corrected chi connectivity index (χ3v) is 3.53. The van der Waals surface area contributed by atoms with Gasteiger partial charge < -0.3 is 15.1 Å². The Kier molecular flexibility index (Phi) is 5.98. The fourth-order valence-electron chi connectivity index (χ4n) is 2.29. The number of carbonyl (C=O) groups excluding carboxylic acids is 1. The molecule has 4 nitrogen and oxygen atoms in total. The Hall–Kier alpha value is -2.33. The molecule has 2 rings (SSSR count). The van der Waals surface area contributed by atoms with E-state index in [0.29, 0.717) is 13.1 Å². The van der Waals surface area contributed by atoms with Crippen LogP contribution in [0.4, 0.5) is 0 Å². The van der Waals surface area contributed by atoms with Gasteiger partial charge in [-0.3, -0.25) is 4.79 Å². The van der Waals surface area contributed by atoms with E-state index in [1.807, 2.05) is 30.3 Å². The van der Waals surface area contributed by atoms with Crippen LogP contribution in [-0.4, -0.2) is 40.7 Å². The molecule has 22 heavy (non-hydrogen) atoms. The quantitative estimate of drug-likeness (QED) is 0.822. The van der Waals surface area contributed by atoms with E-state index in [1.54, 1.807) is 29.2 Å². The molecule has 0 aliphatic rings. The van der Waals surface area contributed by atoms with Gasteiger partial charge in [-0.15, -0.1) is 0 Å². The van der Waals surface area contributed by atoms with Crippen molar-refractivity contribution in [2.24, 2.45) is 0 Å². The summed E-state index contributed by atoms with van der Waals surface area (Å²) in [5.74, 6) is 0.170. The minimum atomic E-state index is -0.0455. The molecule has 0 atom stereocenters. The number of carbonyl (C=O) groups is 1. The summed E-state index contributed by atoms with van der Waals surface area (Å²) in [4.78, 5) is 14.0. The van der Waals surface area contributed by atoms with Gasteiger partial charge in [-0.05, 0) is 29.7 Å². The molecule has 0 unspecified atom stereocenters. The van der Waals surface area contributed by atoms with Crippen LogP contribution in [0, 0.1) is 0 Å². The number of benzene rings is 2. The average Bonchev–Trinajstić information content (AvgIpc) is 2.54. The molecule has 0 aliphatic heterocycles. The summed E-state index contributed by atoms with van der Waals surface area (Å²) >= 11 is 0. The third-order valence-electron chi connectivity index (χ3n) is 3.53. The number of nitrogens with zero attached hydrogens (tertiary/aromatic N) is 1. The molecule has 0 spiro atoms. The molecule has 0 fully saturated rings. The van der Waals surface area contributed by atoms with Crippen molar-refractivity contribution in [3.63, 3.8) is 0 Å². The van der Waals surface area contributed by atoms with Crippen LogP contribution in [0.5, 0.6) is 5.75 Å². The zero-order valence-corrected chi connectivity index (χ0v) is 12.5. The van der Waals surface area contributed by atoms with Gasteiger partial charge in [0.05, 0.1) is 13.0 Å². The largest absolute Gasteiger partial charge is 0.508 e. The number of rotatable bonds is 7. The first-order valence-corrected chi connectivity index (χ1v) is 7.39. The smallest absolute Gasteiger partial charge is 0.227 e. The number of aliphatic hydroxyl groups is 1. The SMILES string of the molecule is O=C(Cc1ccc(O)cc1)N(CCO)CCc1ccccc1. The highest BCUT2D eigenvalue weighted by Crippen LogP contribution is 2.11. The number of aliphatic hydroxyl groups excluding tert-OH is 1. The Bertz CT molecular complexity index is 581. The highest BCUT2D eigenvalue weighted by Gasteiger charge is 2.13. The molecule has 0 saturated heterocycles. The molecule has 0 aliphatic carbocycles. The van der Waals surface area contributed by atoms with Crippen LogP contribution in [0.3, 0.4) is 0 Å². The highest BCUT2D eigenvalue weighted by atomic mass is 16.3. The minimum absolute atomic E-state index is 0.0179. The molecule has 2 aromatic carbocycles. The van der Waals surface area contributed by atoms with E-state index in [2.05, 4.69) is 0 Å². The third kappa shape index (κ3) is 4.90. The number of aromatic hydroxyl groups is 1. The number of phenols is 1. The number of amides is 1. The molecule has 0 heterocycles. The predicted octanol–water partition coefficient (Wildman–Crippen LogP) is 2.00. The Labute approximate surface area is 130 Å². The van der Waals surface area contributed by atoms with Crippen molar-refractivity contribution >= 4 is 5.91 Å². The zero-order chi connectivity index (χ0) is 15.8. The van der Waals surface area contributed by atoms with Crippen molar-refractivity contribution in [1.82, 2.24) is 4.90 Å². The van der Waals surface area contributed by atoms with Crippen LogP contribution in [0.1, 0.15) is 11.1 Å². The van der Waals surface area contributed by atoms with Crippen LogP contribution < -0.4 is 0 Å². The lowest BCUT2D eigenvalue weighted by atomic mass is 10.1. The summed E-state index contributed by atoms with van der Waals surface area (Å²) in [5.41, 5.74) is 2.02. The molecule has 4 heteroatoms. The fourth-order valence-corrected chi connectivity index (χ4v) is 2.29. The summed E-state index contributed by atoms with van der Waals surface area (Å²) in [5, 5.41) is 18.4. The van der Waals surface area contributed by atoms with Crippen molar-refractivity contribution in [3.8, 4) is 5.75 Å². The average molecular weight is 299 g/mol. The normalized spacial score (nSPS) is 10.4. The lowest BCUT2D eigenvalue weighted by Gasteiger charge is -2.22. The van der Waals surface area contributed by atoms with Gasteiger partial charge in [-0.1, -0.05) is 42.5 Å². The summed E-state index contributed by atoms with van der Waals surface area (Å²) in [6.07, 6.45) is 1.04. The van der Waals surface area contributed by atoms with Crippen LogP contribution in [0.2, 0.25) is 0 Å². The van der Waals surface area contributed by atoms with Crippen molar-refractivity contribution in [2.45, 2.75) is 12.8 Å². The Balaban J connectivity index is 1.94. The summed E-state index contributed by atoms with van der Waals surface area (Å²) in [6.45, 7) is 0.876. The summed E-state index contributed by atoms with van der Waals surface area (Å²) in [6, 6.07) is 16.6. The Morgan fingerprint density at radius 3 is 2.23 bits per heavy atom. The Morgan fingerprint density at radius 1 is 0.909 bits per heavy atom. The van der Waals surface area contributed by atoms with E-state index >= 15 is 0 Å². The van der Waals surface area contributed by atoms with E-state index in [-0.39, 0.29) is 24.7 Å². The lowest BCUT2D eigenvalue weighted by molar-refractivity contribution is -0.131. The zero-order valence-electron chi connectivity index (χ0n) is 12.5. The number of hydrogen-bond donors (Lipinski definition) is 2. The van der Waals surface area contributed by atoms with Crippen molar-refractivity contribution in [1.29, 1.82) is 0 Å². The van der Waals surface area contributed by atoms with Gasteiger partial charge in [0, 0.05) is 13.1 Å². The first-order valence-electron chi connectivity index (χ1n) is 7.39. The molecule has 1 amide bonds. The lowest BCUT2D eigenvalue weighted by Crippen LogP contribution is -2.36. The maximum absolute atomic E-state index is 12.4. The van der Waals surface area contributed by atoms with Gasteiger partial charge in [0.1, 0.15) is 5.75 Å². The van der Waals surface area contributed by atoms with Crippen LogP contribution in [0.25, 0.3) is 0 Å². The highest BCUT2D eigenvalue weighted by molar-refractivity contribution is 5.78. The van der Waals surface area contributed by atoms with E-state index in [0.717, 1.165) is 12.0 Å². The topological polar surface area (TPSA) is 60.8 Å². The molecule has 0 aromatic heterocycles. The van der Waals surface area contributed by atoms with Crippen LogP contribution in [0.15, 0.2) is 54.6 Å². The molecule has 2 N–H and O–H groups in total. The van der Waals surface area contributed by atoms with Gasteiger partial charge in [-0.2, -0.15) is 0 Å². The maximum atomic E-state index is 12.4. The van der Waals surface area contributed by atoms with E-state index in [4.69, 9.17) is 5.11 Å². The molecule has 0 saturated carbocycles. The molecular formula is C18H21NO3. The van der Waals surface area contributed by atoms with Gasteiger partial charge in [0.2, 0.25) is 5.91 Å². The molecule has 116 valence electrons. The standard InChI is InChI=1S/C18H21NO3/c20-13-12-19(11-10-15-4-2-1-3-5-15)18(22)14-16-6-8-17(21)9-7-16/h1-9,20-21H,10-14H2. The monoisotopic (exact) mass is 299 g/mol. The Morgan fingerprint density at radius 2 is 1.59 bits per heavy atom. The van der Waals surface area contributed by atoms with E-state index < -0.39 is 0 Å². The number of phenolic OH excluding ortho intramolecular Hbond substituents is 1.